The van der Waals surface area contributed by atoms with Gasteiger partial charge in [-0.05, 0) is 43.3 Å². The normalized spacial score (nSPS) is 11.8. The van der Waals surface area contributed by atoms with Crippen LogP contribution in [-0.4, -0.2) is 24.9 Å². The van der Waals surface area contributed by atoms with Crippen LogP contribution in [0.3, 0.4) is 0 Å². The van der Waals surface area contributed by atoms with E-state index in [0.717, 1.165) is 17.7 Å². The summed E-state index contributed by atoms with van der Waals surface area (Å²) in [6.07, 6.45) is -4.44. The van der Waals surface area contributed by atoms with E-state index in [0.29, 0.717) is 28.3 Å². The molecule has 6 nitrogen and oxygen atoms in total. The molecule has 2 aromatic heterocycles. The van der Waals surface area contributed by atoms with Crippen molar-refractivity contribution >= 4 is 23.4 Å². The lowest BCUT2D eigenvalue weighted by Gasteiger charge is -2.06. The Hall–Kier alpha value is -2.85. The summed E-state index contributed by atoms with van der Waals surface area (Å²) in [4.78, 5) is 4.21. The van der Waals surface area contributed by atoms with Gasteiger partial charge in [0.15, 0.2) is 11.0 Å². The second kappa shape index (κ2) is 8.72. The highest BCUT2D eigenvalue weighted by molar-refractivity contribution is 7.98. The molecule has 2 heterocycles. The molecule has 0 saturated carbocycles. The summed E-state index contributed by atoms with van der Waals surface area (Å²) in [5, 5.41) is 13.6. The minimum Gasteiger partial charge on any atom is -0.338 e. The van der Waals surface area contributed by atoms with Crippen LogP contribution in [0, 0.1) is 0 Å². The molecule has 0 bridgehead atoms. The summed E-state index contributed by atoms with van der Waals surface area (Å²) in [6.45, 7) is 2.62. The Balaban J connectivity index is 1.50. The van der Waals surface area contributed by atoms with E-state index in [-0.39, 0.29) is 17.3 Å². The van der Waals surface area contributed by atoms with Crippen molar-refractivity contribution < 1.29 is 17.7 Å². The van der Waals surface area contributed by atoms with Gasteiger partial charge in [-0.15, -0.1) is 10.2 Å². The van der Waals surface area contributed by atoms with E-state index in [4.69, 9.17) is 16.1 Å². The Morgan fingerprint density at radius 2 is 1.84 bits per heavy atom. The van der Waals surface area contributed by atoms with E-state index < -0.39 is 11.7 Å². The van der Waals surface area contributed by atoms with Gasteiger partial charge in [0.1, 0.15) is 0 Å². The highest BCUT2D eigenvalue weighted by Gasteiger charge is 2.30. The van der Waals surface area contributed by atoms with Crippen molar-refractivity contribution in [2.45, 2.75) is 30.6 Å². The topological polar surface area (TPSA) is 69.6 Å². The molecule has 0 unspecified atom stereocenters. The molecule has 4 aromatic rings. The third kappa shape index (κ3) is 4.75. The monoisotopic (exact) mass is 465 g/mol. The van der Waals surface area contributed by atoms with E-state index in [1.54, 1.807) is 12.1 Å². The summed E-state index contributed by atoms with van der Waals surface area (Å²) >= 11 is 7.29. The van der Waals surface area contributed by atoms with Crippen molar-refractivity contribution in [3.05, 3.63) is 65.0 Å². The summed E-state index contributed by atoms with van der Waals surface area (Å²) in [6, 6.07) is 12.1. The second-order valence-corrected chi connectivity index (χ2v) is 7.82. The molecule has 160 valence electrons. The molecule has 4 rings (SSSR count). The van der Waals surface area contributed by atoms with Gasteiger partial charge < -0.3 is 9.09 Å². The third-order valence-electron chi connectivity index (χ3n) is 4.38. The fraction of sp³-hybridized carbons (Fsp3) is 0.200. The van der Waals surface area contributed by atoms with Crippen molar-refractivity contribution in [2.75, 3.05) is 0 Å². The Kier molecular flexibility index (Phi) is 6.01. The van der Waals surface area contributed by atoms with Crippen LogP contribution in [0.2, 0.25) is 5.02 Å². The lowest BCUT2D eigenvalue weighted by molar-refractivity contribution is -0.137. The number of benzene rings is 2. The molecule has 0 aliphatic heterocycles. The van der Waals surface area contributed by atoms with Crippen LogP contribution >= 0.6 is 23.4 Å². The third-order valence-corrected chi connectivity index (χ3v) is 5.58. The molecule has 0 spiro atoms. The van der Waals surface area contributed by atoms with Crippen LogP contribution in [0.1, 0.15) is 18.4 Å². The van der Waals surface area contributed by atoms with Gasteiger partial charge in [-0.25, -0.2) is 0 Å². The Morgan fingerprint density at radius 3 is 2.55 bits per heavy atom. The predicted octanol–water partition coefficient (Wildman–Crippen LogP) is 5.98. The summed E-state index contributed by atoms with van der Waals surface area (Å²) in [7, 11) is 0. The minimum absolute atomic E-state index is 0.0977. The number of rotatable bonds is 6. The van der Waals surface area contributed by atoms with E-state index in [1.807, 2.05) is 23.6 Å². The fourth-order valence-electron chi connectivity index (χ4n) is 2.88. The number of nitrogens with zero attached hydrogens (tertiary/aromatic N) is 5. The maximum Gasteiger partial charge on any atom is 0.416 e. The standard InChI is InChI=1S/C20H15ClF3N5OS/c1-2-29-18(12-6-8-15(21)9-7-12)26-27-19(29)31-11-16-25-17(28-30-16)13-4-3-5-14(10-13)20(22,23)24/h3-10H,2,11H2,1H3. The highest BCUT2D eigenvalue weighted by Crippen LogP contribution is 2.32. The molecule has 0 aliphatic rings. The molecule has 0 saturated heterocycles. The summed E-state index contributed by atoms with van der Waals surface area (Å²) < 4.78 is 45.9. The molecule has 0 atom stereocenters. The molecule has 0 N–H and O–H groups in total. The molecular formula is C20H15ClF3N5OS. The number of aromatic nitrogens is 5. The number of halogens is 4. The molecule has 0 aliphatic carbocycles. The van der Waals surface area contributed by atoms with Gasteiger partial charge in [-0.1, -0.05) is 40.7 Å². The number of hydrogen-bond donors (Lipinski definition) is 0. The first-order chi connectivity index (χ1) is 14.8. The first-order valence-electron chi connectivity index (χ1n) is 9.17. The largest absolute Gasteiger partial charge is 0.416 e. The van der Waals surface area contributed by atoms with Gasteiger partial charge in [-0.3, -0.25) is 0 Å². The Morgan fingerprint density at radius 1 is 1.06 bits per heavy atom. The molecule has 0 radical (unpaired) electrons. The van der Waals surface area contributed by atoms with Gasteiger partial charge in [-0.2, -0.15) is 18.2 Å². The predicted molar refractivity (Wildman–Crippen MR) is 110 cm³/mol. The quantitative estimate of drug-likeness (QED) is 0.326. The highest BCUT2D eigenvalue weighted by atomic mass is 35.5. The average molecular weight is 466 g/mol. The van der Waals surface area contributed by atoms with Crippen molar-refractivity contribution in [3.8, 4) is 22.8 Å². The molecule has 11 heteroatoms. The molecular weight excluding hydrogens is 451 g/mol. The molecule has 31 heavy (non-hydrogen) atoms. The molecule has 2 aromatic carbocycles. The van der Waals surface area contributed by atoms with Crippen LogP contribution < -0.4 is 0 Å². The molecule has 0 amide bonds. The van der Waals surface area contributed by atoms with Crippen molar-refractivity contribution in [1.82, 2.24) is 24.9 Å². The first-order valence-corrected chi connectivity index (χ1v) is 10.5. The zero-order chi connectivity index (χ0) is 22.0. The van der Waals surface area contributed by atoms with Crippen molar-refractivity contribution in [1.29, 1.82) is 0 Å². The average Bonchev–Trinajstić information content (AvgIpc) is 3.39. The van der Waals surface area contributed by atoms with E-state index in [9.17, 15) is 13.2 Å². The zero-order valence-corrected chi connectivity index (χ0v) is 17.7. The van der Waals surface area contributed by atoms with Crippen molar-refractivity contribution in [3.63, 3.8) is 0 Å². The molecule has 0 fully saturated rings. The van der Waals surface area contributed by atoms with Crippen LogP contribution in [0.4, 0.5) is 13.2 Å². The van der Waals surface area contributed by atoms with Crippen LogP contribution in [0.15, 0.2) is 58.2 Å². The van der Waals surface area contributed by atoms with Crippen molar-refractivity contribution in [2.24, 2.45) is 0 Å². The van der Waals surface area contributed by atoms with E-state index in [2.05, 4.69) is 20.3 Å². The second-order valence-electron chi connectivity index (χ2n) is 6.44. The number of alkyl halides is 3. The maximum absolute atomic E-state index is 12.9. The lowest BCUT2D eigenvalue weighted by atomic mass is 10.1. The van der Waals surface area contributed by atoms with Crippen LogP contribution in [0.5, 0.6) is 0 Å². The van der Waals surface area contributed by atoms with Gasteiger partial charge in [0.05, 0.1) is 11.3 Å². The van der Waals surface area contributed by atoms with E-state index >= 15 is 0 Å². The Labute approximate surface area is 184 Å². The van der Waals surface area contributed by atoms with Gasteiger partial charge in [0.25, 0.3) is 0 Å². The Bertz CT molecular complexity index is 1190. The SMILES string of the molecule is CCn1c(SCc2nc(-c3cccc(C(F)(F)F)c3)no2)nnc1-c1ccc(Cl)cc1. The van der Waals surface area contributed by atoms with Crippen LogP contribution in [0.25, 0.3) is 22.8 Å². The smallest absolute Gasteiger partial charge is 0.338 e. The maximum atomic E-state index is 12.9. The number of thioether (sulfide) groups is 1. The van der Waals surface area contributed by atoms with E-state index in [1.165, 1.54) is 23.9 Å². The minimum atomic E-state index is -4.44. The summed E-state index contributed by atoms with van der Waals surface area (Å²) in [5.74, 6) is 1.37. The fourth-order valence-corrected chi connectivity index (χ4v) is 3.85. The van der Waals surface area contributed by atoms with Gasteiger partial charge in [0, 0.05) is 22.7 Å². The van der Waals surface area contributed by atoms with Gasteiger partial charge in [0.2, 0.25) is 11.7 Å². The van der Waals surface area contributed by atoms with Gasteiger partial charge >= 0.3 is 6.18 Å². The zero-order valence-electron chi connectivity index (χ0n) is 16.1. The first kappa shape index (κ1) is 21.4. The lowest BCUT2D eigenvalue weighted by Crippen LogP contribution is -2.04. The van der Waals surface area contributed by atoms with Crippen LogP contribution in [-0.2, 0) is 18.5 Å². The number of hydrogen-bond acceptors (Lipinski definition) is 6. The summed E-state index contributed by atoms with van der Waals surface area (Å²) in [5.41, 5.74) is 0.350.